The highest BCUT2D eigenvalue weighted by Gasteiger charge is 2.21. The van der Waals surface area contributed by atoms with E-state index in [9.17, 15) is 4.79 Å². The number of carbonyl (C=O) groups is 1. The average molecular weight is 347 g/mol. The fraction of sp³-hybridized carbons (Fsp3) is 0.632. The van der Waals surface area contributed by atoms with Crippen molar-refractivity contribution in [2.24, 2.45) is 5.92 Å². The van der Waals surface area contributed by atoms with E-state index in [-0.39, 0.29) is 5.91 Å². The molecular weight excluding hydrogens is 318 g/mol. The second-order valence-corrected chi connectivity index (χ2v) is 7.09. The van der Waals surface area contributed by atoms with Gasteiger partial charge in [-0.2, -0.15) is 0 Å². The second-order valence-electron chi connectivity index (χ2n) is 7.09. The summed E-state index contributed by atoms with van der Waals surface area (Å²) in [5.41, 5.74) is 1.18. The van der Waals surface area contributed by atoms with Gasteiger partial charge in [0.1, 0.15) is 11.5 Å². The van der Waals surface area contributed by atoms with Gasteiger partial charge in [-0.25, -0.2) is 0 Å². The van der Waals surface area contributed by atoms with E-state index < -0.39 is 0 Å². The van der Waals surface area contributed by atoms with Gasteiger partial charge in [0.05, 0.1) is 20.3 Å². The van der Waals surface area contributed by atoms with Crippen molar-refractivity contribution in [2.45, 2.75) is 12.8 Å². The van der Waals surface area contributed by atoms with E-state index in [1.54, 1.807) is 7.11 Å². The van der Waals surface area contributed by atoms with Crippen molar-refractivity contribution in [3.8, 4) is 11.5 Å². The molecular formula is C19H29N3O3. The van der Waals surface area contributed by atoms with Crippen LogP contribution in [-0.2, 0) is 11.2 Å². The van der Waals surface area contributed by atoms with Crippen LogP contribution in [0, 0.1) is 5.92 Å². The molecule has 1 atom stereocenters. The standard InChI is InChI=1S/C19H29N3O3/c1-21-6-3-7-22(9-8-21)13-19(23)20-12-15-10-16-4-5-17(24-2)11-18(16)25-14-15/h4-5,11,15H,3,6-10,12-14H2,1-2H3,(H,20,23)/t15-/m1/s1. The molecule has 1 aromatic rings. The van der Waals surface area contributed by atoms with Crippen molar-refractivity contribution in [2.75, 3.05) is 60.0 Å². The Hall–Kier alpha value is -1.79. The quantitative estimate of drug-likeness (QED) is 0.861. The van der Waals surface area contributed by atoms with E-state index >= 15 is 0 Å². The third-order valence-electron chi connectivity index (χ3n) is 5.02. The van der Waals surface area contributed by atoms with Crippen molar-refractivity contribution in [1.29, 1.82) is 0 Å². The van der Waals surface area contributed by atoms with Crippen LogP contribution < -0.4 is 14.8 Å². The number of amides is 1. The van der Waals surface area contributed by atoms with Crippen molar-refractivity contribution < 1.29 is 14.3 Å². The molecule has 1 amide bonds. The largest absolute Gasteiger partial charge is 0.497 e. The van der Waals surface area contributed by atoms with Crippen LogP contribution in [0.5, 0.6) is 11.5 Å². The van der Waals surface area contributed by atoms with Crippen LogP contribution in [-0.4, -0.2) is 75.7 Å². The van der Waals surface area contributed by atoms with Gasteiger partial charge >= 0.3 is 0 Å². The summed E-state index contributed by atoms with van der Waals surface area (Å²) in [5.74, 6) is 2.15. The highest BCUT2D eigenvalue weighted by molar-refractivity contribution is 5.78. The SMILES string of the molecule is COc1ccc2c(c1)OC[C@@H](CNC(=O)CN1CCCN(C)CC1)C2. The molecule has 6 heteroatoms. The van der Waals surface area contributed by atoms with Gasteiger partial charge in [-0.05, 0) is 44.6 Å². The molecule has 138 valence electrons. The summed E-state index contributed by atoms with van der Waals surface area (Å²) in [6.07, 6.45) is 2.05. The van der Waals surface area contributed by atoms with Crippen LogP contribution in [0.4, 0.5) is 0 Å². The Morgan fingerprint density at radius 3 is 3.04 bits per heavy atom. The highest BCUT2D eigenvalue weighted by atomic mass is 16.5. The number of carbonyl (C=O) groups excluding carboxylic acids is 1. The molecule has 0 aromatic heterocycles. The summed E-state index contributed by atoms with van der Waals surface area (Å²) < 4.78 is 11.1. The van der Waals surface area contributed by atoms with Crippen LogP contribution in [0.1, 0.15) is 12.0 Å². The van der Waals surface area contributed by atoms with Crippen molar-refractivity contribution in [3.63, 3.8) is 0 Å². The Bertz CT molecular complexity index is 593. The molecule has 2 aliphatic heterocycles. The lowest BCUT2D eigenvalue weighted by Gasteiger charge is -2.26. The molecule has 0 unspecified atom stereocenters. The molecule has 3 rings (SSSR count). The first-order chi connectivity index (χ1) is 12.1. The van der Waals surface area contributed by atoms with Crippen molar-refractivity contribution in [3.05, 3.63) is 23.8 Å². The Morgan fingerprint density at radius 2 is 2.20 bits per heavy atom. The normalized spacial score (nSPS) is 21.8. The third kappa shape index (κ3) is 5.09. The molecule has 25 heavy (non-hydrogen) atoms. The molecule has 1 fully saturated rings. The first-order valence-electron chi connectivity index (χ1n) is 9.11. The number of nitrogens with one attached hydrogen (secondary N) is 1. The second kappa shape index (κ2) is 8.54. The Morgan fingerprint density at radius 1 is 1.32 bits per heavy atom. The predicted octanol–water partition coefficient (Wildman–Crippen LogP) is 1.00. The minimum absolute atomic E-state index is 0.116. The first-order valence-corrected chi connectivity index (χ1v) is 9.11. The number of ether oxygens (including phenoxy) is 2. The monoisotopic (exact) mass is 347 g/mol. The van der Waals surface area contributed by atoms with Gasteiger partial charge in [-0.3, -0.25) is 9.69 Å². The summed E-state index contributed by atoms with van der Waals surface area (Å²) in [4.78, 5) is 16.8. The van der Waals surface area contributed by atoms with Crippen LogP contribution >= 0.6 is 0 Å². The van der Waals surface area contributed by atoms with E-state index in [0.717, 1.165) is 50.5 Å². The number of rotatable bonds is 5. The minimum atomic E-state index is 0.116. The fourth-order valence-electron chi connectivity index (χ4n) is 3.45. The molecule has 0 aliphatic carbocycles. The van der Waals surface area contributed by atoms with Gasteiger partial charge in [-0.1, -0.05) is 6.07 Å². The summed E-state index contributed by atoms with van der Waals surface area (Å²) in [7, 11) is 3.80. The summed E-state index contributed by atoms with van der Waals surface area (Å²) in [6.45, 7) is 5.90. The van der Waals surface area contributed by atoms with Gasteiger partial charge in [0, 0.05) is 31.6 Å². The van der Waals surface area contributed by atoms with Gasteiger partial charge in [0.15, 0.2) is 0 Å². The zero-order valence-electron chi connectivity index (χ0n) is 15.3. The first kappa shape index (κ1) is 18.0. The number of hydrogen-bond acceptors (Lipinski definition) is 5. The third-order valence-corrected chi connectivity index (χ3v) is 5.02. The van der Waals surface area contributed by atoms with Gasteiger partial charge in [-0.15, -0.1) is 0 Å². The molecule has 1 aromatic carbocycles. The van der Waals surface area contributed by atoms with Crippen molar-refractivity contribution in [1.82, 2.24) is 15.1 Å². The molecule has 6 nitrogen and oxygen atoms in total. The maximum Gasteiger partial charge on any atom is 0.234 e. The average Bonchev–Trinajstić information content (AvgIpc) is 2.83. The number of nitrogens with zero attached hydrogens (tertiary/aromatic N) is 2. The fourth-order valence-corrected chi connectivity index (χ4v) is 3.45. The molecule has 1 saturated heterocycles. The lowest BCUT2D eigenvalue weighted by molar-refractivity contribution is -0.122. The van der Waals surface area contributed by atoms with Crippen LogP contribution in [0.2, 0.25) is 0 Å². The molecule has 0 bridgehead atoms. The van der Waals surface area contributed by atoms with E-state index in [1.807, 2.05) is 12.1 Å². The Labute approximate surface area is 150 Å². The summed E-state index contributed by atoms with van der Waals surface area (Å²) in [5, 5.41) is 3.09. The number of likely N-dealkylation sites (N-methyl/N-ethyl adjacent to an activating group) is 1. The number of hydrogen-bond donors (Lipinski definition) is 1. The van der Waals surface area contributed by atoms with E-state index in [1.165, 1.54) is 5.56 Å². The minimum Gasteiger partial charge on any atom is -0.497 e. The van der Waals surface area contributed by atoms with Crippen LogP contribution in [0.15, 0.2) is 18.2 Å². The molecule has 1 N–H and O–H groups in total. The summed E-state index contributed by atoms with van der Waals surface area (Å²) in [6, 6.07) is 5.94. The zero-order valence-corrected chi connectivity index (χ0v) is 15.3. The van der Waals surface area contributed by atoms with Crippen LogP contribution in [0.3, 0.4) is 0 Å². The van der Waals surface area contributed by atoms with Gasteiger partial charge in [0.25, 0.3) is 0 Å². The number of methoxy groups -OCH3 is 1. The van der Waals surface area contributed by atoms with E-state index in [0.29, 0.717) is 25.6 Å². The van der Waals surface area contributed by atoms with Crippen LogP contribution in [0.25, 0.3) is 0 Å². The van der Waals surface area contributed by atoms with Gasteiger partial charge < -0.3 is 19.7 Å². The molecule has 0 saturated carbocycles. The molecule has 0 spiro atoms. The Kier molecular flexibility index (Phi) is 6.15. The zero-order chi connectivity index (χ0) is 17.6. The smallest absolute Gasteiger partial charge is 0.234 e. The number of fused-ring (bicyclic) bond motifs is 1. The van der Waals surface area contributed by atoms with E-state index in [4.69, 9.17) is 9.47 Å². The Balaban J connectivity index is 1.43. The summed E-state index contributed by atoms with van der Waals surface area (Å²) >= 11 is 0. The predicted molar refractivity (Wildman–Crippen MR) is 97.2 cm³/mol. The maximum atomic E-state index is 12.3. The van der Waals surface area contributed by atoms with Crippen molar-refractivity contribution >= 4 is 5.91 Å². The molecule has 0 radical (unpaired) electrons. The maximum absolute atomic E-state index is 12.3. The topological polar surface area (TPSA) is 54.0 Å². The lowest BCUT2D eigenvalue weighted by atomic mass is 9.96. The van der Waals surface area contributed by atoms with E-state index in [2.05, 4.69) is 28.2 Å². The van der Waals surface area contributed by atoms with Gasteiger partial charge in [0.2, 0.25) is 5.91 Å². The lowest BCUT2D eigenvalue weighted by Crippen LogP contribution is -2.42. The highest BCUT2D eigenvalue weighted by Crippen LogP contribution is 2.30. The molecule has 2 heterocycles. The molecule has 2 aliphatic rings. The number of benzene rings is 1.